The minimum absolute atomic E-state index is 0.0266. The van der Waals surface area contributed by atoms with Crippen molar-refractivity contribution in [3.8, 4) is 23.3 Å². The van der Waals surface area contributed by atoms with Crippen molar-refractivity contribution in [3.63, 3.8) is 0 Å². The quantitative estimate of drug-likeness (QED) is 0.0310. The summed E-state index contributed by atoms with van der Waals surface area (Å²) in [6, 6.07) is 25.3. The lowest BCUT2D eigenvalue weighted by Gasteiger charge is -2.16. The summed E-state index contributed by atoms with van der Waals surface area (Å²) in [5.41, 5.74) is -1.78. The molecular weight excluding hydrogens is 1260 g/mol. The Balaban J connectivity index is 1.33. The first-order chi connectivity index (χ1) is 38.2. The molecule has 0 fully saturated rings. The van der Waals surface area contributed by atoms with Crippen molar-refractivity contribution < 1.29 is 73.3 Å². The van der Waals surface area contributed by atoms with Gasteiger partial charge in [0.15, 0.2) is 16.6 Å². The van der Waals surface area contributed by atoms with E-state index >= 15 is 0 Å². The number of thiophene rings is 1. The van der Waals surface area contributed by atoms with Crippen molar-refractivity contribution in [1.82, 2.24) is 4.98 Å². The molecule has 0 atom stereocenters. The molecule has 2 aromatic heterocycles. The maximum atomic E-state index is 13.2. The minimum atomic E-state index is -5.46. The molecule has 0 radical (unpaired) electrons. The summed E-state index contributed by atoms with van der Waals surface area (Å²) in [4.78, 5) is -0.761. The molecule has 0 saturated heterocycles. The summed E-state index contributed by atoms with van der Waals surface area (Å²) in [5.74, 6) is -0.659. The van der Waals surface area contributed by atoms with Crippen LogP contribution in [-0.2, 0) is 60.6 Å². The largest absolute Gasteiger partial charge is 0.339 e. The number of nitrogens with zero attached hydrogens (tertiary/aromatic N) is 7. The molecular formula is C46H30Cl2N10O17S7. The summed E-state index contributed by atoms with van der Waals surface area (Å²) in [6.07, 6.45) is 0. The van der Waals surface area contributed by atoms with Crippen LogP contribution >= 0.6 is 34.5 Å². The molecule has 8 aromatic rings. The Labute approximate surface area is 478 Å². The Kier molecular flexibility index (Phi) is 16.5. The van der Waals surface area contributed by atoms with E-state index in [0.717, 1.165) is 30.3 Å². The van der Waals surface area contributed by atoms with Gasteiger partial charge >= 0.3 is 0 Å². The number of hydrogen-bond acceptors (Lipinski definition) is 22. The third-order valence-electron chi connectivity index (χ3n) is 11.2. The maximum Gasteiger partial charge on any atom is 0.296 e. The highest BCUT2D eigenvalue weighted by Gasteiger charge is 2.28. The molecule has 0 aliphatic carbocycles. The lowest BCUT2D eigenvalue weighted by molar-refractivity contribution is 0.478. The van der Waals surface area contributed by atoms with E-state index in [-0.39, 0.29) is 82.1 Å². The molecule has 0 spiro atoms. The van der Waals surface area contributed by atoms with Gasteiger partial charge in [0, 0.05) is 39.0 Å². The fraction of sp³-hybridized carbons (Fsp3) is 0.0217. The summed E-state index contributed by atoms with van der Waals surface area (Å²) < 4.78 is 202. The van der Waals surface area contributed by atoms with Gasteiger partial charge in [0.1, 0.15) is 48.0 Å². The molecule has 0 aliphatic heterocycles. The summed E-state index contributed by atoms with van der Waals surface area (Å²) in [6.45, 7) is 1.35. The fourth-order valence-electron chi connectivity index (χ4n) is 7.59. The van der Waals surface area contributed by atoms with Gasteiger partial charge in [0.25, 0.3) is 60.6 Å². The van der Waals surface area contributed by atoms with Crippen LogP contribution in [0.25, 0.3) is 21.9 Å². The van der Waals surface area contributed by atoms with E-state index < -0.39 is 107 Å². The van der Waals surface area contributed by atoms with Crippen molar-refractivity contribution in [1.29, 1.82) is 10.5 Å². The van der Waals surface area contributed by atoms with Crippen molar-refractivity contribution >= 4 is 156 Å². The molecule has 8 rings (SSSR count). The number of anilines is 5. The molecule has 0 saturated carbocycles. The second-order valence-corrected chi connectivity index (χ2v) is 27.1. The highest BCUT2D eigenvalue weighted by molar-refractivity contribution is 7.92. The van der Waals surface area contributed by atoms with Crippen LogP contribution in [0.2, 0.25) is 10.0 Å². The zero-order valence-electron chi connectivity index (χ0n) is 40.3. The minimum Gasteiger partial charge on any atom is -0.339 e. The van der Waals surface area contributed by atoms with Gasteiger partial charge in [-0.2, -0.15) is 52.6 Å². The standard InChI is InChI=1S/C46H30Cl2N10O17S7/c1-23-33(21-49)43(51-26-11-13-35(47)39(16-26)81(70,71)72)53-44(52-27-12-14-36(48)40(17-27)82(73,74)75)42(23)55-56-45-34(22-50)41(24-7-9-25(10-8-24)58-77(59,60)29-5-3-2-4-6-29)46(76-45)57-54-28-15-31-32(37(18-28)79(64,65)66)19-30(78(61,62)63)20-38(31)80(67,68)69/h2-20,58H,1H3,(H2,51,52,53)(H,61,62,63)(H,64,65,66)(H,67,68,69)(H,70,71,72)(H,73,74,75). The Bertz CT molecular complexity index is 4890. The highest BCUT2D eigenvalue weighted by Crippen LogP contribution is 2.49. The van der Waals surface area contributed by atoms with Crippen LogP contribution in [-0.4, -0.2) is 78.3 Å². The first-order valence-electron chi connectivity index (χ1n) is 21.8. The number of nitriles is 2. The Morgan fingerprint density at radius 1 is 0.512 bits per heavy atom. The Hall–Kier alpha value is -7.91. The van der Waals surface area contributed by atoms with Crippen molar-refractivity contribution in [2.24, 2.45) is 20.5 Å². The average molecular weight is 1290 g/mol. The monoisotopic (exact) mass is 1290 g/mol. The van der Waals surface area contributed by atoms with Crippen LogP contribution in [0.5, 0.6) is 0 Å². The van der Waals surface area contributed by atoms with Gasteiger partial charge in [-0.3, -0.25) is 27.5 Å². The lowest BCUT2D eigenvalue weighted by atomic mass is 10.0. The van der Waals surface area contributed by atoms with Crippen LogP contribution in [0.1, 0.15) is 16.7 Å². The van der Waals surface area contributed by atoms with Crippen LogP contribution in [0.3, 0.4) is 0 Å². The normalized spacial score (nSPS) is 12.6. The van der Waals surface area contributed by atoms with Crippen molar-refractivity contribution in [3.05, 3.63) is 142 Å². The van der Waals surface area contributed by atoms with E-state index in [4.69, 9.17) is 23.2 Å². The van der Waals surface area contributed by atoms with Gasteiger partial charge < -0.3 is 10.6 Å². The summed E-state index contributed by atoms with van der Waals surface area (Å²) in [7, 11) is -30.2. The molecule has 36 heteroatoms. The van der Waals surface area contributed by atoms with Gasteiger partial charge in [0.05, 0.1) is 31.1 Å². The number of pyridine rings is 1. The third-order valence-corrected chi connectivity index (χ3v) is 18.9. The lowest BCUT2D eigenvalue weighted by Crippen LogP contribution is -2.12. The van der Waals surface area contributed by atoms with E-state index in [2.05, 4.69) is 40.8 Å². The maximum absolute atomic E-state index is 13.2. The van der Waals surface area contributed by atoms with Crippen LogP contribution in [0.15, 0.2) is 165 Å². The number of aromatic nitrogens is 1. The van der Waals surface area contributed by atoms with Gasteiger partial charge in [0.2, 0.25) is 0 Å². The SMILES string of the molecule is Cc1c(C#N)c(Nc2ccc(Cl)c(S(=O)(=O)O)c2)nc(Nc2ccc(Cl)c(S(=O)(=O)O)c2)c1N=Nc1sc(N=Nc2cc(S(=O)(=O)O)c3cc(S(=O)(=O)O)cc(S(=O)(=O)O)c3c2)c(-c2ccc(NS(=O)(=O)c3ccccc3)cc2)c1C#N. The van der Waals surface area contributed by atoms with E-state index in [9.17, 15) is 83.8 Å². The predicted molar refractivity (Wildman–Crippen MR) is 296 cm³/mol. The number of benzene rings is 6. The zero-order valence-corrected chi connectivity index (χ0v) is 47.6. The molecule has 2 heterocycles. The molecule has 0 aliphatic rings. The van der Waals surface area contributed by atoms with Crippen LogP contribution in [0.4, 0.5) is 50.1 Å². The van der Waals surface area contributed by atoms with E-state index in [1.165, 1.54) is 67.6 Å². The van der Waals surface area contributed by atoms with Gasteiger partial charge in [-0.1, -0.05) is 64.9 Å². The molecule has 422 valence electrons. The highest BCUT2D eigenvalue weighted by atomic mass is 35.5. The first-order valence-corrected chi connectivity index (χ1v) is 32.1. The summed E-state index contributed by atoms with van der Waals surface area (Å²) in [5, 5.41) is 40.8. The molecule has 82 heavy (non-hydrogen) atoms. The van der Waals surface area contributed by atoms with E-state index in [1.807, 2.05) is 12.1 Å². The topological polar surface area (TPSA) is 452 Å². The zero-order chi connectivity index (χ0) is 60.1. The molecule has 0 unspecified atom stereocenters. The molecule has 27 nitrogen and oxygen atoms in total. The van der Waals surface area contributed by atoms with Gasteiger partial charge in [-0.05, 0) is 97.4 Å². The Morgan fingerprint density at radius 3 is 1.54 bits per heavy atom. The number of sulfonamides is 1. The molecule has 6 aromatic carbocycles. The summed E-state index contributed by atoms with van der Waals surface area (Å²) >= 11 is 12.6. The number of azo groups is 2. The number of hydrogen-bond donors (Lipinski definition) is 8. The second kappa shape index (κ2) is 22.4. The molecule has 0 amide bonds. The van der Waals surface area contributed by atoms with Crippen LogP contribution in [0, 0.1) is 29.6 Å². The van der Waals surface area contributed by atoms with E-state index in [1.54, 1.807) is 6.07 Å². The average Bonchev–Trinajstić information content (AvgIpc) is 3.89. The van der Waals surface area contributed by atoms with Gasteiger partial charge in [-0.15, -0.1) is 20.5 Å². The predicted octanol–water partition coefficient (Wildman–Crippen LogP) is 10.7. The number of rotatable bonds is 17. The van der Waals surface area contributed by atoms with Crippen LogP contribution < -0.4 is 15.4 Å². The third kappa shape index (κ3) is 13.0. The van der Waals surface area contributed by atoms with Crippen molar-refractivity contribution in [2.45, 2.75) is 36.3 Å². The van der Waals surface area contributed by atoms with E-state index in [0.29, 0.717) is 29.5 Å². The number of nitrogens with one attached hydrogen (secondary N) is 3. The smallest absolute Gasteiger partial charge is 0.296 e. The first kappa shape index (κ1) is 60.2. The van der Waals surface area contributed by atoms with Crippen molar-refractivity contribution in [2.75, 3.05) is 15.4 Å². The molecule has 8 N–H and O–H groups in total. The number of halogens is 2. The molecule has 0 bridgehead atoms. The van der Waals surface area contributed by atoms with Gasteiger partial charge in [-0.25, -0.2) is 13.4 Å². The number of fused-ring (bicyclic) bond motifs is 1. The fourth-order valence-corrected chi connectivity index (χ4v) is 13.6. The Morgan fingerprint density at radius 2 is 1.01 bits per heavy atom. The second-order valence-electron chi connectivity index (χ2n) is 16.6.